The predicted octanol–water partition coefficient (Wildman–Crippen LogP) is 2.66. The van der Waals surface area contributed by atoms with Crippen LogP contribution in [0.2, 0.25) is 0 Å². The largest absolute Gasteiger partial charge is 0.508 e. The maximum atomic E-state index is 12.6. The van der Waals surface area contributed by atoms with E-state index in [2.05, 4.69) is 5.10 Å². The molecule has 2 aliphatic heterocycles. The number of carbonyl (C=O) groups is 2. The number of carbonyl (C=O) groups excluding carboxylic acids is 1. The molecule has 4 rings (SSSR count). The summed E-state index contributed by atoms with van der Waals surface area (Å²) in [6.45, 7) is 0.158. The molecule has 0 saturated carbocycles. The molecule has 1 atom stereocenters. The van der Waals surface area contributed by atoms with Gasteiger partial charge in [0.25, 0.3) is 0 Å². The van der Waals surface area contributed by atoms with E-state index < -0.39 is 17.9 Å². The fourth-order valence-corrected chi connectivity index (χ4v) is 3.33. The van der Waals surface area contributed by atoms with Crippen LogP contribution in [0.4, 0.5) is 0 Å². The van der Waals surface area contributed by atoms with Crippen LogP contribution in [-0.2, 0) is 9.59 Å². The summed E-state index contributed by atoms with van der Waals surface area (Å²) in [6.07, 6.45) is -0.0644. The van der Waals surface area contributed by atoms with Crippen LogP contribution < -0.4 is 9.47 Å². The van der Waals surface area contributed by atoms with Gasteiger partial charge >= 0.3 is 5.97 Å². The van der Waals surface area contributed by atoms with Gasteiger partial charge in [-0.1, -0.05) is 18.2 Å². The average Bonchev–Trinajstić information content (AvgIpc) is 3.33. The van der Waals surface area contributed by atoms with Gasteiger partial charge in [-0.25, -0.2) is 5.01 Å². The molecule has 2 heterocycles. The van der Waals surface area contributed by atoms with Gasteiger partial charge < -0.3 is 19.7 Å². The van der Waals surface area contributed by atoms with Crippen molar-refractivity contribution in [1.82, 2.24) is 5.01 Å². The molecule has 1 amide bonds. The first-order valence-electron chi connectivity index (χ1n) is 8.82. The number of amides is 1. The Bertz CT molecular complexity index is 971. The number of hydrogen-bond acceptors (Lipinski definition) is 6. The van der Waals surface area contributed by atoms with E-state index in [4.69, 9.17) is 14.6 Å². The van der Waals surface area contributed by atoms with Crippen LogP contribution in [0.3, 0.4) is 0 Å². The number of carboxylic acids is 1. The fraction of sp³-hybridized carbons (Fsp3) is 0.250. The van der Waals surface area contributed by atoms with E-state index in [9.17, 15) is 14.7 Å². The number of carboxylic acid groups (broad SMARTS) is 1. The molecule has 2 aromatic carbocycles. The smallest absolute Gasteiger partial charge is 0.303 e. The molecule has 2 N–H and O–H groups in total. The van der Waals surface area contributed by atoms with Crippen LogP contribution in [0.15, 0.2) is 47.6 Å². The normalized spacial score (nSPS) is 17.5. The second kappa shape index (κ2) is 7.22. The summed E-state index contributed by atoms with van der Waals surface area (Å²) in [5.74, 6) is -0.146. The molecule has 0 saturated heterocycles. The average molecular weight is 382 g/mol. The van der Waals surface area contributed by atoms with Crippen molar-refractivity contribution in [2.24, 2.45) is 5.10 Å². The van der Waals surface area contributed by atoms with E-state index in [-0.39, 0.29) is 25.4 Å². The van der Waals surface area contributed by atoms with Crippen LogP contribution in [-0.4, -0.2) is 39.6 Å². The van der Waals surface area contributed by atoms with Crippen molar-refractivity contribution in [2.75, 3.05) is 6.79 Å². The number of benzene rings is 2. The first kappa shape index (κ1) is 17.8. The number of phenolic OH excluding ortho intramolecular Hbond substituents is 1. The number of aliphatic carboxylic acids is 1. The SMILES string of the molecule is O=C(O)CCC(=O)N1N=C(c2ccc3c(c2)OCO3)C[C@H]1c1ccccc1O. The van der Waals surface area contributed by atoms with E-state index in [0.29, 0.717) is 29.2 Å². The van der Waals surface area contributed by atoms with Gasteiger partial charge in [-0.3, -0.25) is 9.59 Å². The van der Waals surface area contributed by atoms with Crippen LogP contribution in [0, 0.1) is 0 Å². The Balaban J connectivity index is 1.66. The van der Waals surface area contributed by atoms with E-state index in [1.807, 2.05) is 6.07 Å². The van der Waals surface area contributed by atoms with E-state index in [1.54, 1.807) is 36.4 Å². The molecular formula is C20H18N2O6. The molecule has 8 heteroatoms. The third-order valence-corrected chi connectivity index (χ3v) is 4.72. The number of hydrazone groups is 1. The van der Waals surface area contributed by atoms with Crippen molar-refractivity contribution in [1.29, 1.82) is 0 Å². The summed E-state index contributed by atoms with van der Waals surface area (Å²) >= 11 is 0. The summed E-state index contributed by atoms with van der Waals surface area (Å²) in [7, 11) is 0. The lowest BCUT2D eigenvalue weighted by molar-refractivity contribution is -0.141. The van der Waals surface area contributed by atoms with Gasteiger partial charge in [-0.05, 0) is 24.3 Å². The fourth-order valence-electron chi connectivity index (χ4n) is 3.33. The summed E-state index contributed by atoms with van der Waals surface area (Å²) in [5, 5.41) is 24.9. The first-order valence-corrected chi connectivity index (χ1v) is 8.82. The third kappa shape index (κ3) is 3.36. The highest BCUT2D eigenvalue weighted by atomic mass is 16.7. The number of rotatable bonds is 5. The number of ether oxygens (including phenoxy) is 2. The third-order valence-electron chi connectivity index (χ3n) is 4.72. The molecular weight excluding hydrogens is 364 g/mol. The van der Waals surface area contributed by atoms with Crippen LogP contribution >= 0.6 is 0 Å². The topological polar surface area (TPSA) is 109 Å². The molecule has 28 heavy (non-hydrogen) atoms. The zero-order valence-electron chi connectivity index (χ0n) is 14.9. The predicted molar refractivity (Wildman–Crippen MR) is 98.3 cm³/mol. The molecule has 144 valence electrons. The second-order valence-electron chi connectivity index (χ2n) is 6.53. The maximum absolute atomic E-state index is 12.6. The zero-order chi connectivity index (χ0) is 19.7. The molecule has 8 nitrogen and oxygen atoms in total. The first-order chi connectivity index (χ1) is 13.5. The van der Waals surface area contributed by atoms with Crippen LogP contribution in [0.5, 0.6) is 17.2 Å². The lowest BCUT2D eigenvalue weighted by atomic mass is 9.97. The summed E-state index contributed by atoms with van der Waals surface area (Å²) in [4.78, 5) is 23.5. The second-order valence-corrected chi connectivity index (χ2v) is 6.53. The minimum absolute atomic E-state index is 0.0608. The van der Waals surface area contributed by atoms with Gasteiger partial charge in [-0.2, -0.15) is 5.10 Å². The molecule has 0 aliphatic carbocycles. The van der Waals surface area contributed by atoms with E-state index in [0.717, 1.165) is 5.56 Å². The summed E-state index contributed by atoms with van der Waals surface area (Å²) in [5.41, 5.74) is 1.99. The van der Waals surface area contributed by atoms with Gasteiger partial charge in [0.2, 0.25) is 12.7 Å². The molecule has 0 fully saturated rings. The number of hydrogen-bond donors (Lipinski definition) is 2. The zero-order valence-corrected chi connectivity index (χ0v) is 14.9. The molecule has 0 aromatic heterocycles. The number of aromatic hydroxyl groups is 1. The molecule has 0 unspecified atom stereocenters. The lowest BCUT2D eigenvalue weighted by Gasteiger charge is -2.22. The number of nitrogens with zero attached hydrogens (tertiary/aromatic N) is 2. The van der Waals surface area contributed by atoms with Crippen LogP contribution in [0.25, 0.3) is 0 Å². The highest BCUT2D eigenvalue weighted by Gasteiger charge is 2.34. The molecule has 0 radical (unpaired) electrons. The molecule has 2 aliphatic rings. The van der Waals surface area contributed by atoms with Gasteiger partial charge in [0, 0.05) is 24.0 Å². The Labute approximate surface area is 160 Å². The molecule has 0 bridgehead atoms. The van der Waals surface area contributed by atoms with Gasteiger partial charge in [0.05, 0.1) is 18.2 Å². The monoisotopic (exact) mass is 382 g/mol. The van der Waals surface area contributed by atoms with Gasteiger partial charge in [0.1, 0.15) is 5.75 Å². The Hall–Kier alpha value is -3.55. The number of phenols is 1. The van der Waals surface area contributed by atoms with E-state index in [1.165, 1.54) is 5.01 Å². The Kier molecular flexibility index (Phi) is 4.60. The molecule has 0 spiro atoms. The van der Waals surface area contributed by atoms with Crippen molar-refractivity contribution >= 4 is 17.6 Å². The minimum Gasteiger partial charge on any atom is -0.508 e. The Morgan fingerprint density at radius 1 is 1.11 bits per heavy atom. The quantitative estimate of drug-likeness (QED) is 0.823. The molecule has 2 aromatic rings. The van der Waals surface area contributed by atoms with E-state index >= 15 is 0 Å². The van der Waals surface area contributed by atoms with Crippen LogP contribution in [0.1, 0.15) is 36.4 Å². The lowest BCUT2D eigenvalue weighted by Crippen LogP contribution is -2.27. The van der Waals surface area contributed by atoms with Crippen molar-refractivity contribution in [3.63, 3.8) is 0 Å². The number of fused-ring (bicyclic) bond motifs is 1. The van der Waals surface area contributed by atoms with Crippen molar-refractivity contribution in [3.8, 4) is 17.2 Å². The summed E-state index contributed by atoms with van der Waals surface area (Å²) < 4.78 is 10.7. The highest BCUT2D eigenvalue weighted by Crippen LogP contribution is 2.39. The van der Waals surface area contributed by atoms with Gasteiger partial charge in [-0.15, -0.1) is 0 Å². The number of para-hydroxylation sites is 1. The Morgan fingerprint density at radius 3 is 2.68 bits per heavy atom. The van der Waals surface area contributed by atoms with Gasteiger partial charge in [0.15, 0.2) is 11.5 Å². The minimum atomic E-state index is -1.05. The highest BCUT2D eigenvalue weighted by molar-refractivity contribution is 6.03. The standard InChI is InChI=1S/C20H18N2O6/c23-16-4-2-1-3-13(16)15-10-14(21-22(15)19(24)7-8-20(25)26)12-5-6-17-18(9-12)28-11-27-17/h1-6,9,15,23H,7-8,10-11H2,(H,25,26)/t15-/m0/s1. The van der Waals surface area contributed by atoms with Crippen molar-refractivity contribution in [3.05, 3.63) is 53.6 Å². The maximum Gasteiger partial charge on any atom is 0.303 e. The van der Waals surface area contributed by atoms with Crippen molar-refractivity contribution in [2.45, 2.75) is 25.3 Å². The van der Waals surface area contributed by atoms with Crippen molar-refractivity contribution < 1.29 is 29.3 Å². The summed E-state index contributed by atoms with van der Waals surface area (Å²) in [6, 6.07) is 11.7. The Morgan fingerprint density at radius 2 is 1.89 bits per heavy atom.